The molecule has 3 atom stereocenters. The zero-order chi connectivity index (χ0) is 19.8. The topological polar surface area (TPSA) is 51.4 Å². The monoisotopic (exact) mass is 406 g/mol. The Kier molecular flexibility index (Phi) is 5.03. The first kappa shape index (κ1) is 18.7. The Morgan fingerprint density at radius 2 is 2.17 bits per heavy atom. The first-order valence-corrected chi connectivity index (χ1v) is 11.1. The molecule has 2 aromatic carbocycles. The van der Waals surface area contributed by atoms with Crippen LogP contribution in [0.3, 0.4) is 0 Å². The maximum Gasteiger partial charge on any atom is 0.141 e. The van der Waals surface area contributed by atoms with Crippen molar-refractivity contribution in [2.45, 2.75) is 30.6 Å². The van der Waals surface area contributed by atoms with Crippen LogP contribution in [-0.4, -0.2) is 31.9 Å². The number of benzene rings is 2. The molecule has 2 aromatic rings. The highest BCUT2D eigenvalue weighted by molar-refractivity contribution is 7.98. The van der Waals surface area contributed by atoms with Crippen LogP contribution >= 0.6 is 11.9 Å². The molecule has 3 heterocycles. The van der Waals surface area contributed by atoms with E-state index in [0.717, 1.165) is 43.6 Å². The molecule has 0 radical (unpaired) electrons. The zero-order valence-corrected chi connectivity index (χ0v) is 17.0. The van der Waals surface area contributed by atoms with Crippen LogP contribution in [0.5, 0.6) is 0 Å². The molecule has 3 aliphatic rings. The van der Waals surface area contributed by atoms with Crippen molar-refractivity contribution in [3.8, 4) is 17.2 Å². The molecule has 0 amide bonds. The van der Waals surface area contributed by atoms with E-state index in [1.54, 1.807) is 18.0 Å². The third kappa shape index (κ3) is 3.43. The van der Waals surface area contributed by atoms with Crippen molar-refractivity contribution in [1.29, 1.82) is 5.26 Å². The van der Waals surface area contributed by atoms with E-state index in [9.17, 15) is 4.39 Å². The lowest BCUT2D eigenvalue weighted by Gasteiger charge is -2.38. The molecular weight excluding hydrogens is 383 g/mol. The summed E-state index contributed by atoms with van der Waals surface area (Å²) in [4.78, 5) is 2.52. The van der Waals surface area contributed by atoms with Crippen molar-refractivity contribution in [3.63, 3.8) is 0 Å². The zero-order valence-electron chi connectivity index (χ0n) is 16.1. The maximum absolute atomic E-state index is 14.4. The molecule has 3 aliphatic heterocycles. The average molecular weight is 407 g/mol. The Labute approximate surface area is 175 Å². The number of fused-ring (bicyclic) bond motifs is 1. The summed E-state index contributed by atoms with van der Waals surface area (Å²) in [6, 6.07) is 13.8. The van der Waals surface area contributed by atoms with Gasteiger partial charge in [0.2, 0.25) is 0 Å². The van der Waals surface area contributed by atoms with Crippen molar-refractivity contribution < 1.29 is 4.39 Å². The van der Waals surface area contributed by atoms with Gasteiger partial charge in [-0.05, 0) is 72.1 Å². The Hall–Kier alpha value is -2.36. The number of piperidine rings is 1. The lowest BCUT2D eigenvalue weighted by atomic mass is 9.90. The maximum atomic E-state index is 14.4. The molecule has 0 saturated carbocycles. The van der Waals surface area contributed by atoms with E-state index in [1.165, 1.54) is 23.7 Å². The van der Waals surface area contributed by atoms with E-state index in [0.29, 0.717) is 12.0 Å². The summed E-state index contributed by atoms with van der Waals surface area (Å²) in [6.07, 6.45) is 5.25. The molecule has 5 rings (SSSR count). The molecule has 3 unspecified atom stereocenters. The molecule has 2 saturated heterocycles. The van der Waals surface area contributed by atoms with Gasteiger partial charge in [0, 0.05) is 37.5 Å². The molecule has 0 spiro atoms. The standard InChI is InChI=1S/C23H23FN4S/c24-19-12-15(4-5-16(19)13-25)18-2-1-3-21(23(18)22-7-10-27-29-22)28-11-8-20-17(14-28)6-9-26-20/h1-5,10,12,17,20,22,26H,6-9,11,14H2. The highest BCUT2D eigenvalue weighted by Gasteiger charge is 2.34. The van der Waals surface area contributed by atoms with Gasteiger partial charge in [0.25, 0.3) is 0 Å². The van der Waals surface area contributed by atoms with E-state index < -0.39 is 5.82 Å². The van der Waals surface area contributed by atoms with Crippen molar-refractivity contribution in [1.82, 2.24) is 5.32 Å². The average Bonchev–Trinajstić information content (AvgIpc) is 3.44. The van der Waals surface area contributed by atoms with Gasteiger partial charge >= 0.3 is 0 Å². The smallest absolute Gasteiger partial charge is 0.141 e. The quantitative estimate of drug-likeness (QED) is 0.750. The predicted octanol–water partition coefficient (Wildman–Crippen LogP) is 4.72. The van der Waals surface area contributed by atoms with Gasteiger partial charge < -0.3 is 10.2 Å². The number of hydrogen-bond donors (Lipinski definition) is 1. The SMILES string of the molecule is N#Cc1ccc(-c2cccc(N3CCC4NCCC4C3)c2C2CC=NS2)cc1F. The second-order valence-electron chi connectivity index (χ2n) is 8.01. The largest absolute Gasteiger partial charge is 0.371 e. The number of hydrogen-bond acceptors (Lipinski definition) is 5. The van der Waals surface area contributed by atoms with Gasteiger partial charge in [-0.3, -0.25) is 0 Å². The van der Waals surface area contributed by atoms with Crippen molar-refractivity contribution in [3.05, 3.63) is 53.3 Å². The Bertz CT molecular complexity index is 991. The Morgan fingerprint density at radius 1 is 1.24 bits per heavy atom. The number of nitrogens with one attached hydrogen (secondary N) is 1. The van der Waals surface area contributed by atoms with Crippen LogP contribution in [0, 0.1) is 23.1 Å². The van der Waals surface area contributed by atoms with Crippen molar-refractivity contribution in [2.75, 3.05) is 24.5 Å². The minimum Gasteiger partial charge on any atom is -0.371 e. The second kappa shape index (κ2) is 7.81. The van der Waals surface area contributed by atoms with Gasteiger partial charge in [-0.2, -0.15) is 5.26 Å². The van der Waals surface area contributed by atoms with Gasteiger partial charge in [0.15, 0.2) is 0 Å². The number of nitrogens with zero attached hydrogens (tertiary/aromatic N) is 3. The summed E-state index contributed by atoms with van der Waals surface area (Å²) in [7, 11) is 0. The third-order valence-corrected chi connectivity index (χ3v) is 7.34. The summed E-state index contributed by atoms with van der Waals surface area (Å²) in [5.74, 6) is 0.231. The molecule has 6 heteroatoms. The molecule has 0 aromatic heterocycles. The van der Waals surface area contributed by atoms with Crippen molar-refractivity contribution >= 4 is 23.8 Å². The predicted molar refractivity (Wildman–Crippen MR) is 117 cm³/mol. The molecule has 0 aliphatic carbocycles. The molecule has 0 bridgehead atoms. The summed E-state index contributed by atoms with van der Waals surface area (Å²) in [5, 5.41) is 12.9. The van der Waals surface area contributed by atoms with Gasteiger partial charge in [0.05, 0.1) is 10.8 Å². The fraction of sp³-hybridized carbons (Fsp3) is 0.391. The van der Waals surface area contributed by atoms with E-state index in [-0.39, 0.29) is 10.8 Å². The van der Waals surface area contributed by atoms with Crippen molar-refractivity contribution in [2.24, 2.45) is 10.3 Å². The van der Waals surface area contributed by atoms with E-state index in [4.69, 9.17) is 5.26 Å². The molecular formula is C23H23FN4S. The molecule has 29 heavy (non-hydrogen) atoms. The van der Waals surface area contributed by atoms with Gasteiger partial charge in [-0.1, -0.05) is 18.2 Å². The summed E-state index contributed by atoms with van der Waals surface area (Å²) < 4.78 is 18.8. The van der Waals surface area contributed by atoms with Crippen LogP contribution in [0.15, 0.2) is 40.8 Å². The summed E-state index contributed by atoms with van der Waals surface area (Å²) >= 11 is 1.60. The van der Waals surface area contributed by atoms with E-state index in [2.05, 4.69) is 32.8 Å². The highest BCUT2D eigenvalue weighted by atomic mass is 32.2. The molecule has 1 N–H and O–H groups in total. The number of rotatable bonds is 3. The van der Waals surface area contributed by atoms with Crippen LogP contribution in [-0.2, 0) is 0 Å². The van der Waals surface area contributed by atoms with Crippen LogP contribution in [0.25, 0.3) is 11.1 Å². The van der Waals surface area contributed by atoms with E-state index >= 15 is 0 Å². The first-order chi connectivity index (χ1) is 14.2. The van der Waals surface area contributed by atoms with Gasteiger partial charge in [0.1, 0.15) is 11.9 Å². The molecule has 4 nitrogen and oxygen atoms in total. The van der Waals surface area contributed by atoms with Crippen LogP contribution in [0.1, 0.15) is 35.6 Å². The highest BCUT2D eigenvalue weighted by Crippen LogP contribution is 2.46. The number of anilines is 1. The van der Waals surface area contributed by atoms with Gasteiger partial charge in [-0.15, -0.1) is 0 Å². The molecule has 2 fully saturated rings. The fourth-order valence-electron chi connectivity index (χ4n) is 4.93. The number of nitriles is 1. The lowest BCUT2D eigenvalue weighted by Crippen LogP contribution is -2.44. The summed E-state index contributed by atoms with van der Waals surface area (Å²) in [6.45, 7) is 3.21. The Morgan fingerprint density at radius 3 is 2.97 bits per heavy atom. The van der Waals surface area contributed by atoms with Gasteiger partial charge in [-0.25, -0.2) is 8.79 Å². The first-order valence-electron chi connectivity index (χ1n) is 10.2. The number of halogens is 1. The van der Waals surface area contributed by atoms with Crippen LogP contribution < -0.4 is 10.2 Å². The van der Waals surface area contributed by atoms with Crippen LogP contribution in [0.4, 0.5) is 10.1 Å². The van der Waals surface area contributed by atoms with E-state index in [1.807, 2.05) is 18.4 Å². The fourth-order valence-corrected chi connectivity index (χ4v) is 5.77. The summed E-state index contributed by atoms with van der Waals surface area (Å²) in [5.41, 5.74) is 4.44. The minimum atomic E-state index is -0.463. The molecule has 148 valence electrons. The third-order valence-electron chi connectivity index (χ3n) is 6.38. The minimum absolute atomic E-state index is 0.0841. The second-order valence-corrected chi connectivity index (χ2v) is 9.00. The Balaban J connectivity index is 1.58. The lowest BCUT2D eigenvalue weighted by molar-refractivity contribution is 0.376. The van der Waals surface area contributed by atoms with Crippen LogP contribution in [0.2, 0.25) is 0 Å². The normalized spacial score (nSPS) is 25.8.